The third-order valence-corrected chi connectivity index (χ3v) is 2.48. The molecule has 0 aliphatic carbocycles. The van der Waals surface area contributed by atoms with E-state index in [-0.39, 0.29) is 11.7 Å². The summed E-state index contributed by atoms with van der Waals surface area (Å²) in [5.74, 6) is -0.125. The number of nitrogens with one attached hydrogen (secondary N) is 1. The fraction of sp³-hybridized carbons (Fsp3) is 0.100. The van der Waals surface area contributed by atoms with Crippen molar-refractivity contribution in [1.29, 1.82) is 0 Å². The number of aromatic nitrogens is 1. The molecule has 1 aromatic carbocycles. The smallest absolute Gasteiger partial charge is 0.193 e. The summed E-state index contributed by atoms with van der Waals surface area (Å²) in [6, 6.07) is 7.17. The van der Waals surface area contributed by atoms with E-state index in [1.807, 2.05) is 6.07 Å². The quantitative estimate of drug-likeness (QED) is 0.621. The molecule has 0 atom stereocenters. The van der Waals surface area contributed by atoms with Crippen LogP contribution in [0.1, 0.15) is 10.5 Å². The minimum atomic E-state index is -0.112. The summed E-state index contributed by atoms with van der Waals surface area (Å²) in [5.41, 5.74) is 1.42. The Kier molecular flexibility index (Phi) is 2.48. The molecule has 1 heterocycles. The standard InChI is InChI=1S/C10H7Cl2NO/c11-5-10(14)9-4-6-3-7(12)1-2-8(6)13-9/h1-4,13H,5H2. The van der Waals surface area contributed by atoms with Crippen molar-refractivity contribution in [2.75, 3.05) is 5.88 Å². The average molecular weight is 228 g/mol. The van der Waals surface area contributed by atoms with Crippen LogP contribution in [-0.4, -0.2) is 16.6 Å². The van der Waals surface area contributed by atoms with Crippen molar-refractivity contribution in [2.24, 2.45) is 0 Å². The van der Waals surface area contributed by atoms with Crippen molar-refractivity contribution in [3.63, 3.8) is 0 Å². The highest BCUT2D eigenvalue weighted by Crippen LogP contribution is 2.20. The highest BCUT2D eigenvalue weighted by atomic mass is 35.5. The zero-order valence-corrected chi connectivity index (χ0v) is 8.69. The number of rotatable bonds is 2. The number of hydrogen-bond donors (Lipinski definition) is 1. The normalized spacial score (nSPS) is 10.7. The van der Waals surface area contributed by atoms with Gasteiger partial charge in [-0.2, -0.15) is 0 Å². The second kappa shape index (κ2) is 3.64. The topological polar surface area (TPSA) is 32.9 Å². The molecule has 0 saturated heterocycles. The van der Waals surface area contributed by atoms with Crippen LogP contribution in [0.4, 0.5) is 0 Å². The molecule has 1 aromatic heterocycles. The second-order valence-electron chi connectivity index (χ2n) is 2.97. The van der Waals surface area contributed by atoms with Gasteiger partial charge < -0.3 is 4.98 Å². The van der Waals surface area contributed by atoms with E-state index in [0.717, 1.165) is 10.9 Å². The minimum Gasteiger partial charge on any atom is -0.352 e. The van der Waals surface area contributed by atoms with Crippen LogP contribution < -0.4 is 0 Å². The van der Waals surface area contributed by atoms with Crippen LogP contribution in [0.5, 0.6) is 0 Å². The molecule has 0 bridgehead atoms. The Morgan fingerprint density at radius 1 is 1.36 bits per heavy atom. The molecule has 14 heavy (non-hydrogen) atoms. The Bertz CT molecular complexity index is 490. The van der Waals surface area contributed by atoms with E-state index in [4.69, 9.17) is 23.2 Å². The largest absolute Gasteiger partial charge is 0.352 e. The number of alkyl halides is 1. The lowest BCUT2D eigenvalue weighted by Crippen LogP contribution is -1.99. The van der Waals surface area contributed by atoms with Gasteiger partial charge in [0, 0.05) is 15.9 Å². The van der Waals surface area contributed by atoms with Crippen molar-refractivity contribution in [3.8, 4) is 0 Å². The van der Waals surface area contributed by atoms with Crippen LogP contribution in [0.3, 0.4) is 0 Å². The fourth-order valence-electron chi connectivity index (χ4n) is 1.33. The highest BCUT2D eigenvalue weighted by Gasteiger charge is 2.07. The van der Waals surface area contributed by atoms with Gasteiger partial charge in [-0.1, -0.05) is 11.6 Å². The van der Waals surface area contributed by atoms with Crippen molar-refractivity contribution in [1.82, 2.24) is 4.98 Å². The van der Waals surface area contributed by atoms with Crippen LogP contribution in [0.15, 0.2) is 24.3 Å². The van der Waals surface area contributed by atoms with E-state index in [1.165, 1.54) is 0 Å². The first-order valence-corrected chi connectivity index (χ1v) is 4.99. The second-order valence-corrected chi connectivity index (χ2v) is 3.68. The zero-order valence-electron chi connectivity index (χ0n) is 7.18. The first kappa shape index (κ1) is 9.56. The highest BCUT2D eigenvalue weighted by molar-refractivity contribution is 6.32. The average Bonchev–Trinajstić information content (AvgIpc) is 2.59. The van der Waals surface area contributed by atoms with Gasteiger partial charge in [0.25, 0.3) is 0 Å². The number of carbonyl (C=O) groups excluding carboxylic acids is 1. The lowest BCUT2D eigenvalue weighted by Gasteiger charge is -1.89. The molecule has 0 saturated carbocycles. The van der Waals surface area contributed by atoms with Crippen molar-refractivity contribution >= 4 is 39.9 Å². The number of ketones is 1. The molecule has 2 aromatic rings. The molecule has 0 fully saturated rings. The molecule has 0 spiro atoms. The number of aromatic amines is 1. The van der Waals surface area contributed by atoms with Crippen molar-refractivity contribution in [3.05, 3.63) is 35.0 Å². The van der Waals surface area contributed by atoms with Crippen molar-refractivity contribution in [2.45, 2.75) is 0 Å². The molecule has 72 valence electrons. The van der Waals surface area contributed by atoms with Gasteiger partial charge in [-0.05, 0) is 24.3 Å². The Morgan fingerprint density at radius 3 is 2.86 bits per heavy atom. The SMILES string of the molecule is O=C(CCl)c1cc2cc(Cl)ccc2[nH]1. The monoisotopic (exact) mass is 227 g/mol. The molecule has 2 rings (SSSR count). The van der Waals surface area contributed by atoms with Gasteiger partial charge in [-0.25, -0.2) is 0 Å². The van der Waals surface area contributed by atoms with Gasteiger partial charge in [-0.15, -0.1) is 11.6 Å². The molecule has 1 N–H and O–H groups in total. The van der Waals surface area contributed by atoms with Gasteiger partial charge in [0.1, 0.15) is 0 Å². The number of fused-ring (bicyclic) bond motifs is 1. The van der Waals surface area contributed by atoms with Crippen LogP contribution in [-0.2, 0) is 0 Å². The Morgan fingerprint density at radius 2 is 2.14 bits per heavy atom. The number of H-pyrrole nitrogens is 1. The summed E-state index contributed by atoms with van der Waals surface area (Å²) >= 11 is 11.3. The summed E-state index contributed by atoms with van der Waals surface area (Å²) in [6.45, 7) is 0. The minimum absolute atomic E-state index is 0.0133. The van der Waals surface area contributed by atoms with Gasteiger partial charge in [-0.3, -0.25) is 4.79 Å². The van der Waals surface area contributed by atoms with Crippen LogP contribution in [0.2, 0.25) is 5.02 Å². The molecule has 0 aliphatic rings. The lowest BCUT2D eigenvalue weighted by atomic mass is 10.2. The molecule has 2 nitrogen and oxygen atoms in total. The summed E-state index contributed by atoms with van der Waals surface area (Å²) < 4.78 is 0. The van der Waals surface area contributed by atoms with E-state index >= 15 is 0 Å². The molecular weight excluding hydrogens is 221 g/mol. The summed E-state index contributed by atoms with van der Waals surface area (Å²) in [5, 5.41) is 1.58. The number of halogens is 2. The molecular formula is C10H7Cl2NO. The first-order chi connectivity index (χ1) is 6.70. The summed E-state index contributed by atoms with van der Waals surface area (Å²) in [7, 11) is 0. The predicted octanol–water partition coefficient (Wildman–Crippen LogP) is 3.24. The maximum atomic E-state index is 11.3. The van der Waals surface area contributed by atoms with E-state index in [0.29, 0.717) is 10.7 Å². The lowest BCUT2D eigenvalue weighted by molar-refractivity contribution is 0.101. The number of hydrogen-bond acceptors (Lipinski definition) is 1. The maximum Gasteiger partial charge on any atom is 0.193 e. The third-order valence-electron chi connectivity index (χ3n) is 2.00. The van der Waals surface area contributed by atoms with Gasteiger partial charge in [0.05, 0.1) is 11.6 Å². The summed E-state index contributed by atoms with van der Waals surface area (Å²) in [6.07, 6.45) is 0. The van der Waals surface area contributed by atoms with E-state index in [9.17, 15) is 4.79 Å². The number of benzene rings is 1. The molecule has 4 heteroatoms. The van der Waals surface area contributed by atoms with Gasteiger partial charge in [0.15, 0.2) is 5.78 Å². The Labute approximate surface area is 90.8 Å². The van der Waals surface area contributed by atoms with Crippen LogP contribution in [0, 0.1) is 0 Å². The van der Waals surface area contributed by atoms with E-state index in [2.05, 4.69) is 4.98 Å². The maximum absolute atomic E-state index is 11.3. The molecule has 0 aliphatic heterocycles. The molecule has 0 unspecified atom stereocenters. The first-order valence-electron chi connectivity index (χ1n) is 4.08. The summed E-state index contributed by atoms with van der Waals surface area (Å²) in [4.78, 5) is 14.3. The van der Waals surface area contributed by atoms with Gasteiger partial charge in [0.2, 0.25) is 0 Å². The molecule has 0 radical (unpaired) electrons. The van der Waals surface area contributed by atoms with E-state index < -0.39 is 0 Å². The van der Waals surface area contributed by atoms with Crippen LogP contribution in [0.25, 0.3) is 10.9 Å². The fourth-order valence-corrected chi connectivity index (χ4v) is 1.65. The van der Waals surface area contributed by atoms with Crippen LogP contribution >= 0.6 is 23.2 Å². The number of Topliss-reactive ketones (excluding diaryl/α,β-unsaturated/α-hetero) is 1. The Hall–Kier alpha value is -0.990. The zero-order chi connectivity index (χ0) is 10.1. The Balaban J connectivity index is 2.56. The van der Waals surface area contributed by atoms with E-state index in [1.54, 1.807) is 18.2 Å². The third kappa shape index (κ3) is 1.63. The predicted molar refractivity (Wildman–Crippen MR) is 58.4 cm³/mol. The molecule has 0 amide bonds. The van der Waals surface area contributed by atoms with Crippen molar-refractivity contribution < 1.29 is 4.79 Å². The van der Waals surface area contributed by atoms with Gasteiger partial charge >= 0.3 is 0 Å². The number of carbonyl (C=O) groups is 1.